The van der Waals surface area contributed by atoms with E-state index < -0.39 is 29.9 Å². The third-order valence-electron chi connectivity index (χ3n) is 5.09. The molecule has 2 atom stereocenters. The van der Waals surface area contributed by atoms with Gasteiger partial charge in [0.2, 0.25) is 0 Å². The molecular weight excluding hydrogens is 421 g/mol. The molecule has 33 heavy (non-hydrogen) atoms. The van der Waals surface area contributed by atoms with E-state index in [0.717, 1.165) is 5.56 Å². The maximum absolute atomic E-state index is 13.7. The number of benzene rings is 2. The lowest BCUT2D eigenvalue weighted by Crippen LogP contribution is -2.25. The summed E-state index contributed by atoms with van der Waals surface area (Å²) in [6.45, 7) is 0. The quantitative estimate of drug-likeness (QED) is 0.423. The number of esters is 1. The molecule has 0 saturated carbocycles. The van der Waals surface area contributed by atoms with Crippen molar-refractivity contribution in [1.29, 1.82) is 0 Å². The second kappa shape index (κ2) is 12.4. The molecule has 2 N–H and O–H groups in total. The lowest BCUT2D eigenvalue weighted by molar-refractivity contribution is -0.114. The summed E-state index contributed by atoms with van der Waals surface area (Å²) >= 11 is 0. The third kappa shape index (κ3) is 8.06. The summed E-state index contributed by atoms with van der Waals surface area (Å²) in [5.74, 6) is 3.82. The molecule has 0 spiro atoms. The van der Waals surface area contributed by atoms with Gasteiger partial charge in [-0.25, -0.2) is 9.18 Å². The van der Waals surface area contributed by atoms with Crippen LogP contribution in [0.5, 0.6) is 0 Å². The molecule has 2 aromatic carbocycles. The van der Waals surface area contributed by atoms with Gasteiger partial charge in [0.15, 0.2) is 0 Å². The van der Waals surface area contributed by atoms with Gasteiger partial charge in [0.25, 0.3) is 5.91 Å². The Bertz CT molecular complexity index is 1080. The van der Waals surface area contributed by atoms with Gasteiger partial charge in [0.1, 0.15) is 11.9 Å². The van der Waals surface area contributed by atoms with Crippen molar-refractivity contribution >= 4 is 11.9 Å². The van der Waals surface area contributed by atoms with Crippen LogP contribution in [0.15, 0.2) is 73.0 Å². The molecule has 0 radical (unpaired) electrons. The molecule has 1 heterocycles. The average molecular weight is 448 g/mol. The molecular formula is C27H26FNO4. The van der Waals surface area contributed by atoms with Crippen LogP contribution >= 0.6 is 0 Å². The lowest BCUT2D eigenvalue weighted by atomic mass is 10.0. The molecule has 1 aliphatic heterocycles. The fourth-order valence-electron chi connectivity index (χ4n) is 3.42. The van der Waals surface area contributed by atoms with Gasteiger partial charge in [0.05, 0.1) is 11.7 Å². The van der Waals surface area contributed by atoms with Gasteiger partial charge in [-0.1, -0.05) is 42.3 Å². The minimum atomic E-state index is -0.640. The highest BCUT2D eigenvalue weighted by Gasteiger charge is 2.21. The van der Waals surface area contributed by atoms with Crippen LogP contribution in [0, 0.1) is 17.7 Å². The highest BCUT2D eigenvalue weighted by Crippen LogP contribution is 2.20. The first-order chi connectivity index (χ1) is 16.0. The van der Waals surface area contributed by atoms with E-state index in [4.69, 9.17) is 4.74 Å². The van der Waals surface area contributed by atoms with Crippen LogP contribution in [-0.2, 0) is 16.0 Å². The van der Waals surface area contributed by atoms with Gasteiger partial charge in [-0.05, 0) is 55.2 Å². The molecule has 1 amide bonds. The van der Waals surface area contributed by atoms with Crippen molar-refractivity contribution < 1.29 is 23.8 Å². The van der Waals surface area contributed by atoms with Crippen molar-refractivity contribution in [3.8, 4) is 11.8 Å². The minimum Gasteiger partial charge on any atom is -0.458 e. The first kappa shape index (κ1) is 24.0. The Morgan fingerprint density at radius 3 is 2.85 bits per heavy atom. The zero-order valence-electron chi connectivity index (χ0n) is 18.2. The maximum Gasteiger partial charge on any atom is 0.338 e. The van der Waals surface area contributed by atoms with Gasteiger partial charge in [-0.2, -0.15) is 0 Å². The summed E-state index contributed by atoms with van der Waals surface area (Å²) < 4.78 is 19.3. The molecule has 0 aromatic heterocycles. The number of hydrogen-bond acceptors (Lipinski definition) is 4. The summed E-state index contributed by atoms with van der Waals surface area (Å²) in [5, 5.41) is 12.9. The Labute approximate surface area is 193 Å². The number of halogens is 1. The third-order valence-corrected chi connectivity index (χ3v) is 5.09. The first-order valence-corrected chi connectivity index (χ1v) is 10.9. The number of nitrogens with one attached hydrogen (secondary N) is 1. The Hall–Kier alpha value is -3.69. The molecule has 1 aliphatic rings. The zero-order chi connectivity index (χ0) is 23.5. The molecule has 0 saturated heterocycles. The van der Waals surface area contributed by atoms with E-state index in [0.29, 0.717) is 36.8 Å². The summed E-state index contributed by atoms with van der Waals surface area (Å²) in [6, 6.07) is 13.1. The second-order valence-electron chi connectivity index (χ2n) is 7.70. The van der Waals surface area contributed by atoms with E-state index in [1.165, 1.54) is 24.4 Å². The molecule has 2 aromatic rings. The summed E-state index contributed by atoms with van der Waals surface area (Å²) in [7, 11) is 0. The van der Waals surface area contributed by atoms with Crippen LogP contribution in [0.2, 0.25) is 0 Å². The Morgan fingerprint density at radius 1 is 1.21 bits per heavy atom. The number of rotatable bonds is 3. The Balaban J connectivity index is 1.63. The van der Waals surface area contributed by atoms with E-state index in [-0.39, 0.29) is 6.42 Å². The summed E-state index contributed by atoms with van der Waals surface area (Å²) in [6.07, 6.45) is 7.79. The van der Waals surface area contributed by atoms with Crippen LogP contribution in [-0.4, -0.2) is 29.2 Å². The van der Waals surface area contributed by atoms with E-state index in [9.17, 15) is 19.1 Å². The van der Waals surface area contributed by atoms with Gasteiger partial charge in [-0.15, -0.1) is 0 Å². The maximum atomic E-state index is 13.7. The molecule has 170 valence electrons. The van der Waals surface area contributed by atoms with E-state index in [1.54, 1.807) is 6.08 Å². The molecule has 0 aliphatic carbocycles. The summed E-state index contributed by atoms with van der Waals surface area (Å²) in [5.41, 5.74) is 1.59. The topological polar surface area (TPSA) is 75.6 Å². The fourth-order valence-corrected chi connectivity index (χ4v) is 3.42. The van der Waals surface area contributed by atoms with Crippen LogP contribution < -0.4 is 5.32 Å². The van der Waals surface area contributed by atoms with Crippen LogP contribution in [0.3, 0.4) is 0 Å². The van der Waals surface area contributed by atoms with Crippen molar-refractivity contribution in [1.82, 2.24) is 5.32 Å². The van der Waals surface area contributed by atoms with Gasteiger partial charge >= 0.3 is 5.97 Å². The number of aliphatic hydroxyl groups excluding tert-OH is 1. The van der Waals surface area contributed by atoms with E-state index in [1.807, 2.05) is 42.5 Å². The normalized spacial score (nSPS) is 19.8. The zero-order valence-corrected chi connectivity index (χ0v) is 18.2. The standard InChI is InChI=1S/C27H26FNO4/c28-22-14-15-25-21(18-22)10-5-2-6-11-23(30)19-24(33-27(25)32)12-7-17-29-26(31)16-13-20-8-3-1-4-9-20/h1-5,7-9,14-15,17-18,23-24,30H,6,10-12,19H2,(H,29,31)/b5-2+,17-7+/t23-,24-/m0/s1. The molecule has 5 nitrogen and oxygen atoms in total. The number of fused-ring (bicyclic) bond motifs is 1. The largest absolute Gasteiger partial charge is 0.458 e. The number of carbonyl (C=O) groups is 2. The number of allylic oxidation sites excluding steroid dienone is 2. The minimum absolute atomic E-state index is 0.252. The number of cyclic esters (lactones) is 1. The highest BCUT2D eigenvalue weighted by atomic mass is 19.1. The SMILES string of the molecule is O=C(C#Cc1ccccc1)N/C=C/C[C@H]1C[C@@H](O)CC/C=C/Cc2cc(F)ccc2C(=O)O1. The Morgan fingerprint density at radius 2 is 2.03 bits per heavy atom. The van der Waals surface area contributed by atoms with Crippen LogP contribution in [0.4, 0.5) is 4.39 Å². The Kier molecular flexibility index (Phi) is 8.98. The molecule has 0 unspecified atom stereocenters. The van der Waals surface area contributed by atoms with Crippen molar-refractivity contribution in [2.75, 3.05) is 0 Å². The van der Waals surface area contributed by atoms with Gasteiger partial charge in [-0.3, -0.25) is 4.79 Å². The number of hydrogen-bond donors (Lipinski definition) is 2. The number of ether oxygens (including phenoxy) is 1. The van der Waals surface area contributed by atoms with Crippen molar-refractivity contribution in [2.24, 2.45) is 0 Å². The molecule has 3 rings (SSSR count). The predicted octanol–water partition coefficient (Wildman–Crippen LogP) is 4.07. The number of carbonyl (C=O) groups excluding carboxylic acids is 2. The van der Waals surface area contributed by atoms with Crippen LogP contribution in [0.1, 0.15) is 47.2 Å². The predicted molar refractivity (Wildman–Crippen MR) is 124 cm³/mol. The van der Waals surface area contributed by atoms with Crippen molar-refractivity contribution in [3.63, 3.8) is 0 Å². The van der Waals surface area contributed by atoms with E-state index >= 15 is 0 Å². The number of amides is 1. The average Bonchev–Trinajstić information content (AvgIpc) is 2.80. The molecule has 0 bridgehead atoms. The van der Waals surface area contributed by atoms with E-state index in [2.05, 4.69) is 17.2 Å². The summed E-state index contributed by atoms with van der Waals surface area (Å²) in [4.78, 5) is 24.6. The lowest BCUT2D eigenvalue weighted by Gasteiger charge is -2.21. The van der Waals surface area contributed by atoms with Crippen LogP contribution in [0.25, 0.3) is 0 Å². The smallest absolute Gasteiger partial charge is 0.338 e. The van der Waals surface area contributed by atoms with Crippen molar-refractivity contribution in [2.45, 2.75) is 44.3 Å². The second-order valence-corrected chi connectivity index (χ2v) is 7.70. The molecule has 0 fully saturated rings. The van der Waals surface area contributed by atoms with Gasteiger partial charge < -0.3 is 15.2 Å². The first-order valence-electron chi connectivity index (χ1n) is 10.9. The monoisotopic (exact) mass is 447 g/mol. The highest BCUT2D eigenvalue weighted by molar-refractivity contribution is 5.94. The van der Waals surface area contributed by atoms with Crippen molar-refractivity contribution in [3.05, 3.63) is 95.5 Å². The van der Waals surface area contributed by atoms with Gasteiger partial charge in [0, 0.05) is 30.5 Å². The number of aliphatic hydroxyl groups is 1. The fraction of sp³-hybridized carbons (Fsp3) is 0.259. The molecule has 6 heteroatoms.